The first-order chi connectivity index (χ1) is 24.4. The van der Waals surface area contributed by atoms with Crippen LogP contribution < -0.4 is 27.0 Å². The van der Waals surface area contributed by atoms with Crippen molar-refractivity contribution in [2.45, 2.75) is 49.5 Å². The Balaban J connectivity index is 1.65. The fourth-order valence-corrected chi connectivity index (χ4v) is 5.25. The van der Waals surface area contributed by atoms with Crippen molar-refractivity contribution in [3.63, 3.8) is 0 Å². The predicted octanol–water partition coefficient (Wildman–Crippen LogP) is -1.06. The Hall–Kier alpha value is -5.97. The van der Waals surface area contributed by atoms with Crippen molar-refractivity contribution in [3.8, 4) is 11.5 Å². The number of carboxylic acids is 1. The Morgan fingerprint density at radius 2 is 1.06 bits per heavy atom. The summed E-state index contributed by atoms with van der Waals surface area (Å²) in [5.74, 6) is -5.02. The number of nitrogens with two attached hydrogens (primary N) is 1. The van der Waals surface area contributed by atoms with Crippen molar-refractivity contribution in [2.24, 2.45) is 5.73 Å². The summed E-state index contributed by atoms with van der Waals surface area (Å²) < 4.78 is 0. The van der Waals surface area contributed by atoms with Gasteiger partial charge in [-0.15, -0.1) is 0 Å². The molecule has 0 aliphatic carbocycles. The molecular weight excluding hydrogens is 664 g/mol. The maximum atomic E-state index is 14.0. The van der Waals surface area contributed by atoms with Crippen LogP contribution in [0.2, 0.25) is 0 Å². The number of carbonyl (C=O) groups is 5. The lowest BCUT2D eigenvalue weighted by atomic mass is 10.0. The maximum absolute atomic E-state index is 14.0. The molecule has 16 heteroatoms. The molecule has 0 aliphatic rings. The average molecular weight is 705 g/mol. The van der Waals surface area contributed by atoms with E-state index >= 15 is 0 Å². The summed E-state index contributed by atoms with van der Waals surface area (Å²) in [5.41, 5.74) is 8.06. The first kappa shape index (κ1) is 37.8. The molecule has 0 bridgehead atoms. The second kappa shape index (κ2) is 17.6. The van der Waals surface area contributed by atoms with Crippen LogP contribution in [0.15, 0.2) is 79.0 Å². The van der Waals surface area contributed by atoms with Gasteiger partial charge in [0, 0.05) is 36.4 Å². The number of para-hydroxylation sites is 1. The lowest BCUT2D eigenvalue weighted by Gasteiger charge is -2.26. The average Bonchev–Trinajstić information content (AvgIpc) is 3.53. The minimum Gasteiger partial charge on any atom is -0.508 e. The number of H-pyrrole nitrogens is 1. The minimum absolute atomic E-state index is 0.0309. The number of phenols is 2. The second-order valence-electron chi connectivity index (χ2n) is 11.9. The van der Waals surface area contributed by atoms with E-state index in [0.29, 0.717) is 16.7 Å². The normalized spacial score (nSPS) is 14.0. The molecule has 0 aliphatic heterocycles. The largest absolute Gasteiger partial charge is 0.508 e. The van der Waals surface area contributed by atoms with Gasteiger partial charge in [0.25, 0.3) is 0 Å². The molecule has 5 atom stereocenters. The molecule has 4 aromatic rings. The third-order valence-electron chi connectivity index (χ3n) is 8.08. The number of carboxylic acid groups (broad SMARTS) is 1. The number of hydrogen-bond acceptors (Lipinski definition) is 10. The number of amides is 4. The van der Waals surface area contributed by atoms with Gasteiger partial charge in [0.1, 0.15) is 41.7 Å². The van der Waals surface area contributed by atoms with E-state index in [9.17, 15) is 49.5 Å². The molecule has 0 fully saturated rings. The molecule has 270 valence electrons. The van der Waals surface area contributed by atoms with Gasteiger partial charge in [-0.2, -0.15) is 0 Å². The highest BCUT2D eigenvalue weighted by Gasteiger charge is 2.32. The molecule has 12 N–H and O–H groups in total. The van der Waals surface area contributed by atoms with Gasteiger partial charge in [-0.3, -0.25) is 19.2 Å². The van der Waals surface area contributed by atoms with E-state index in [4.69, 9.17) is 5.73 Å². The van der Waals surface area contributed by atoms with Crippen molar-refractivity contribution < 1.29 is 49.5 Å². The molecule has 1 heterocycles. The summed E-state index contributed by atoms with van der Waals surface area (Å²) in [4.78, 5) is 68.7. The monoisotopic (exact) mass is 704 g/mol. The number of aromatic nitrogens is 1. The molecule has 0 spiro atoms. The van der Waals surface area contributed by atoms with Gasteiger partial charge in [0.2, 0.25) is 23.6 Å². The van der Waals surface area contributed by atoms with E-state index < -0.39 is 73.0 Å². The summed E-state index contributed by atoms with van der Waals surface area (Å²) in [6, 6.07) is 11.7. The first-order valence-corrected chi connectivity index (χ1v) is 15.9. The number of carbonyl (C=O) groups excluding carboxylic acids is 4. The van der Waals surface area contributed by atoms with Gasteiger partial charge in [0.15, 0.2) is 0 Å². The molecule has 1 aromatic heterocycles. The third kappa shape index (κ3) is 10.5. The quantitative estimate of drug-likeness (QED) is 0.0630. The molecule has 51 heavy (non-hydrogen) atoms. The minimum atomic E-state index is -1.66. The van der Waals surface area contributed by atoms with Gasteiger partial charge in [-0.05, 0) is 47.0 Å². The van der Waals surface area contributed by atoms with Crippen LogP contribution in [0.25, 0.3) is 10.9 Å². The summed E-state index contributed by atoms with van der Waals surface area (Å²) in [7, 11) is 0. The van der Waals surface area contributed by atoms with Crippen LogP contribution >= 0.6 is 0 Å². The van der Waals surface area contributed by atoms with Crippen molar-refractivity contribution in [1.29, 1.82) is 0 Å². The maximum Gasteiger partial charge on any atom is 0.328 e. The Morgan fingerprint density at radius 1 is 0.608 bits per heavy atom. The smallest absolute Gasteiger partial charge is 0.328 e. The van der Waals surface area contributed by atoms with Gasteiger partial charge in [-0.25, -0.2) is 4.79 Å². The number of phenolic OH excluding ortho intramolecular Hbond substituents is 2. The lowest BCUT2D eigenvalue weighted by Crippen LogP contribution is -2.60. The van der Waals surface area contributed by atoms with E-state index in [1.54, 1.807) is 24.4 Å². The fourth-order valence-electron chi connectivity index (χ4n) is 5.25. The topological polar surface area (TPSA) is 276 Å². The molecule has 4 rings (SSSR count). The van der Waals surface area contributed by atoms with Gasteiger partial charge < -0.3 is 57.5 Å². The van der Waals surface area contributed by atoms with Crippen molar-refractivity contribution in [1.82, 2.24) is 26.3 Å². The second-order valence-corrected chi connectivity index (χ2v) is 11.9. The molecular formula is C35H40N6O10. The Labute approximate surface area is 291 Å². The number of benzene rings is 3. The Morgan fingerprint density at radius 3 is 1.53 bits per heavy atom. The first-order valence-electron chi connectivity index (χ1n) is 15.9. The number of aliphatic carboxylic acids is 1. The molecule has 0 unspecified atom stereocenters. The standard InChI is InChI=1S/C35H40N6O10/c36-25(17-42)31(46)38-27(13-19-5-9-22(44)10-6-19)32(47)39-28(14-20-7-11-23(45)12-8-20)33(48)40-29(34(49)41-30(18-43)35(50)51)15-21-16-37-26-4-2-1-3-24(21)26/h1-12,16,25,27-30,37,42-45H,13-15,17-18,36H2,(H,38,46)(H,39,47)(H,40,48)(H,41,49)(H,50,51)/t25-,27-,28-,29-,30-/m0/s1. The number of aliphatic hydroxyl groups excluding tert-OH is 2. The van der Waals surface area contributed by atoms with Gasteiger partial charge >= 0.3 is 5.97 Å². The molecule has 0 radical (unpaired) electrons. The van der Waals surface area contributed by atoms with Crippen LogP contribution in [-0.2, 0) is 43.2 Å². The highest BCUT2D eigenvalue weighted by Crippen LogP contribution is 2.20. The van der Waals surface area contributed by atoms with Gasteiger partial charge in [0.05, 0.1) is 13.2 Å². The molecule has 0 saturated carbocycles. The number of aromatic hydroxyl groups is 2. The number of hydrogen-bond donors (Lipinski definition) is 11. The van der Waals surface area contributed by atoms with Crippen LogP contribution in [0.3, 0.4) is 0 Å². The number of aromatic amines is 1. The van der Waals surface area contributed by atoms with Crippen molar-refractivity contribution in [3.05, 3.63) is 95.7 Å². The summed E-state index contributed by atoms with van der Waals surface area (Å²) in [6.45, 7) is -1.62. The fraction of sp³-hybridized carbons (Fsp3) is 0.286. The SMILES string of the molecule is N[C@@H](CO)C(=O)N[C@@H](Cc1ccc(O)cc1)C(=O)N[C@@H](Cc1ccc(O)cc1)C(=O)N[C@@H](Cc1c[nH]c2ccccc12)C(=O)N[C@@H](CO)C(=O)O. The number of aliphatic hydroxyl groups is 2. The third-order valence-corrected chi connectivity index (χ3v) is 8.08. The van der Waals surface area contributed by atoms with E-state index in [1.165, 1.54) is 48.5 Å². The van der Waals surface area contributed by atoms with E-state index in [-0.39, 0.29) is 30.8 Å². The summed E-state index contributed by atoms with van der Waals surface area (Å²) in [6.07, 6.45) is 1.27. The predicted molar refractivity (Wildman–Crippen MR) is 183 cm³/mol. The highest BCUT2D eigenvalue weighted by molar-refractivity contribution is 5.96. The van der Waals surface area contributed by atoms with E-state index in [0.717, 1.165) is 10.9 Å². The number of fused-ring (bicyclic) bond motifs is 1. The molecule has 4 amide bonds. The number of rotatable bonds is 17. The lowest BCUT2D eigenvalue weighted by molar-refractivity contribution is -0.143. The van der Waals surface area contributed by atoms with Crippen LogP contribution in [0.4, 0.5) is 0 Å². The Bertz CT molecular complexity index is 1830. The zero-order valence-corrected chi connectivity index (χ0v) is 27.3. The Kier molecular flexibility index (Phi) is 13.1. The van der Waals surface area contributed by atoms with Gasteiger partial charge in [-0.1, -0.05) is 42.5 Å². The van der Waals surface area contributed by atoms with Crippen LogP contribution in [0.5, 0.6) is 11.5 Å². The van der Waals surface area contributed by atoms with Crippen LogP contribution in [0.1, 0.15) is 16.7 Å². The molecule has 16 nitrogen and oxygen atoms in total. The number of nitrogens with one attached hydrogen (secondary N) is 5. The zero-order valence-electron chi connectivity index (χ0n) is 27.3. The highest BCUT2D eigenvalue weighted by atomic mass is 16.4. The van der Waals surface area contributed by atoms with E-state index in [1.807, 2.05) is 6.07 Å². The van der Waals surface area contributed by atoms with Crippen LogP contribution in [-0.4, -0.2) is 104 Å². The molecule has 0 saturated heterocycles. The van der Waals surface area contributed by atoms with E-state index in [2.05, 4.69) is 26.3 Å². The zero-order chi connectivity index (χ0) is 37.1. The summed E-state index contributed by atoms with van der Waals surface area (Å²) in [5, 5.41) is 58.6. The van der Waals surface area contributed by atoms with Crippen molar-refractivity contribution >= 4 is 40.5 Å². The van der Waals surface area contributed by atoms with Crippen LogP contribution in [0, 0.1) is 0 Å². The summed E-state index contributed by atoms with van der Waals surface area (Å²) >= 11 is 0. The molecule has 3 aromatic carbocycles. The van der Waals surface area contributed by atoms with Crippen molar-refractivity contribution in [2.75, 3.05) is 13.2 Å².